The molecule has 0 aliphatic rings. The van der Waals surface area contributed by atoms with Crippen molar-refractivity contribution in [3.05, 3.63) is 17.8 Å². The first-order chi connectivity index (χ1) is 4.74. The molecule has 0 aliphatic heterocycles. The molecule has 3 N–H and O–H groups in total. The summed E-state index contributed by atoms with van der Waals surface area (Å²) in [5.41, 5.74) is 5.85. The van der Waals surface area contributed by atoms with E-state index in [4.69, 9.17) is 15.4 Å². The molecule has 1 heterocycles. The van der Waals surface area contributed by atoms with E-state index >= 15 is 0 Å². The van der Waals surface area contributed by atoms with Crippen LogP contribution in [0.1, 0.15) is 11.6 Å². The Morgan fingerprint density at radius 2 is 2.60 bits per heavy atom. The maximum Gasteiger partial charge on any atom is 0.265 e. The van der Waals surface area contributed by atoms with Crippen molar-refractivity contribution in [1.29, 1.82) is 0 Å². The Kier molecular flexibility index (Phi) is 1.57. The van der Waals surface area contributed by atoms with E-state index in [1.165, 1.54) is 6.26 Å². The summed E-state index contributed by atoms with van der Waals surface area (Å²) in [6.45, 7) is 1.75. The van der Waals surface area contributed by atoms with Gasteiger partial charge < -0.3 is 15.4 Å². The second kappa shape index (κ2) is 2.38. The number of oxime groups is 1. The average molecular weight is 141 g/mol. The minimum Gasteiger partial charge on any atom is -0.442 e. The van der Waals surface area contributed by atoms with Crippen LogP contribution in [0.15, 0.2) is 15.8 Å². The standard InChI is InChI=1S/C5H7N3O2/c1-3-2-10-5(7-3)4(6)8-9/h2,9H,1H3,(H2,6,8). The molecular weight excluding hydrogens is 134 g/mol. The molecule has 1 rings (SSSR count). The molecule has 5 nitrogen and oxygen atoms in total. The molecule has 0 saturated carbocycles. The van der Waals surface area contributed by atoms with Gasteiger partial charge in [-0.1, -0.05) is 5.16 Å². The van der Waals surface area contributed by atoms with Crippen LogP contribution >= 0.6 is 0 Å². The summed E-state index contributed by atoms with van der Waals surface area (Å²) in [6.07, 6.45) is 1.42. The highest BCUT2D eigenvalue weighted by molar-refractivity contribution is 5.92. The van der Waals surface area contributed by atoms with Gasteiger partial charge in [0.15, 0.2) is 0 Å². The highest BCUT2D eigenvalue weighted by atomic mass is 16.4. The molecule has 0 saturated heterocycles. The van der Waals surface area contributed by atoms with Crippen LogP contribution in [0.3, 0.4) is 0 Å². The summed E-state index contributed by atoms with van der Waals surface area (Å²) < 4.78 is 4.79. The van der Waals surface area contributed by atoms with E-state index in [9.17, 15) is 0 Å². The molecule has 10 heavy (non-hydrogen) atoms. The van der Waals surface area contributed by atoms with Gasteiger partial charge in [-0.25, -0.2) is 4.98 Å². The van der Waals surface area contributed by atoms with Crippen LogP contribution in [0.4, 0.5) is 0 Å². The second-order valence-corrected chi connectivity index (χ2v) is 1.78. The summed E-state index contributed by atoms with van der Waals surface area (Å²) in [5.74, 6) is 0.0214. The lowest BCUT2D eigenvalue weighted by Crippen LogP contribution is -2.13. The summed E-state index contributed by atoms with van der Waals surface area (Å²) in [4.78, 5) is 3.80. The fourth-order valence-electron chi connectivity index (χ4n) is 0.514. The van der Waals surface area contributed by atoms with E-state index in [-0.39, 0.29) is 11.7 Å². The Balaban J connectivity index is 2.95. The summed E-state index contributed by atoms with van der Waals surface area (Å²) in [7, 11) is 0. The minimum atomic E-state index is -0.117. The van der Waals surface area contributed by atoms with Crippen LogP contribution in [-0.2, 0) is 0 Å². The molecule has 0 bridgehead atoms. The molecule has 0 aromatic carbocycles. The van der Waals surface area contributed by atoms with Crippen molar-refractivity contribution in [3.63, 3.8) is 0 Å². The van der Waals surface area contributed by atoms with Gasteiger partial charge in [0.2, 0.25) is 5.84 Å². The number of oxazole rings is 1. The third-order valence-corrected chi connectivity index (χ3v) is 0.946. The predicted octanol–water partition coefficient (Wildman–Crippen LogP) is 0.0775. The van der Waals surface area contributed by atoms with Crippen molar-refractivity contribution in [2.24, 2.45) is 10.9 Å². The Morgan fingerprint density at radius 3 is 3.00 bits per heavy atom. The fraction of sp³-hybridized carbons (Fsp3) is 0.200. The average Bonchev–Trinajstić information content (AvgIpc) is 2.34. The lowest BCUT2D eigenvalue weighted by Gasteiger charge is -1.85. The largest absolute Gasteiger partial charge is 0.442 e. The zero-order valence-electron chi connectivity index (χ0n) is 5.40. The number of aromatic nitrogens is 1. The molecule has 1 aromatic heterocycles. The Morgan fingerprint density at radius 1 is 1.90 bits per heavy atom. The van der Waals surface area contributed by atoms with Crippen molar-refractivity contribution in [2.75, 3.05) is 0 Å². The summed E-state index contributed by atoms with van der Waals surface area (Å²) in [5, 5.41) is 10.9. The van der Waals surface area contributed by atoms with Crippen molar-refractivity contribution >= 4 is 5.84 Å². The fourth-order valence-corrected chi connectivity index (χ4v) is 0.514. The van der Waals surface area contributed by atoms with Crippen LogP contribution in [0.25, 0.3) is 0 Å². The molecule has 5 heteroatoms. The summed E-state index contributed by atoms with van der Waals surface area (Å²) in [6, 6.07) is 0. The zero-order valence-corrected chi connectivity index (χ0v) is 5.40. The SMILES string of the molecule is Cc1coc(/C(N)=N/O)n1. The zero-order chi connectivity index (χ0) is 7.56. The molecule has 0 amide bonds. The molecule has 0 radical (unpaired) electrons. The minimum absolute atomic E-state index is 0.117. The van der Waals surface area contributed by atoms with E-state index in [0.29, 0.717) is 5.69 Å². The van der Waals surface area contributed by atoms with E-state index in [2.05, 4.69) is 10.1 Å². The van der Waals surface area contributed by atoms with Crippen LogP contribution in [0.2, 0.25) is 0 Å². The highest BCUT2D eigenvalue weighted by Gasteiger charge is 2.04. The second-order valence-electron chi connectivity index (χ2n) is 1.78. The Hall–Kier alpha value is -1.52. The van der Waals surface area contributed by atoms with Crippen molar-refractivity contribution in [2.45, 2.75) is 6.92 Å². The van der Waals surface area contributed by atoms with Gasteiger partial charge in [-0.05, 0) is 6.92 Å². The monoisotopic (exact) mass is 141 g/mol. The van der Waals surface area contributed by atoms with Crippen molar-refractivity contribution in [3.8, 4) is 0 Å². The molecule has 1 aromatic rings. The van der Waals surface area contributed by atoms with Gasteiger partial charge >= 0.3 is 0 Å². The number of amidine groups is 1. The smallest absolute Gasteiger partial charge is 0.265 e. The Labute approximate surface area is 57.2 Å². The van der Waals surface area contributed by atoms with Crippen molar-refractivity contribution < 1.29 is 9.62 Å². The van der Waals surface area contributed by atoms with E-state index in [1.54, 1.807) is 6.92 Å². The molecule has 0 aliphatic carbocycles. The van der Waals surface area contributed by atoms with E-state index in [0.717, 1.165) is 0 Å². The molecule has 0 atom stereocenters. The van der Waals surface area contributed by atoms with Crippen LogP contribution in [0, 0.1) is 6.92 Å². The highest BCUT2D eigenvalue weighted by Crippen LogP contribution is 1.98. The quantitative estimate of drug-likeness (QED) is 0.251. The van der Waals surface area contributed by atoms with Gasteiger partial charge in [0, 0.05) is 0 Å². The molecule has 54 valence electrons. The van der Waals surface area contributed by atoms with Crippen molar-refractivity contribution in [1.82, 2.24) is 4.98 Å². The number of hydrogen-bond acceptors (Lipinski definition) is 4. The van der Waals surface area contributed by atoms with Gasteiger partial charge in [-0.2, -0.15) is 0 Å². The number of hydrogen-bond donors (Lipinski definition) is 2. The Bertz CT molecular complexity index is 253. The maximum atomic E-state index is 8.16. The van der Waals surface area contributed by atoms with Crippen LogP contribution in [-0.4, -0.2) is 16.0 Å². The molecule has 0 unspecified atom stereocenters. The number of nitrogens with zero attached hydrogens (tertiary/aromatic N) is 2. The molecule has 0 spiro atoms. The molecule has 0 fully saturated rings. The van der Waals surface area contributed by atoms with Gasteiger partial charge in [0.25, 0.3) is 5.89 Å². The van der Waals surface area contributed by atoms with Gasteiger partial charge in [-0.3, -0.25) is 0 Å². The third-order valence-electron chi connectivity index (χ3n) is 0.946. The first-order valence-electron chi connectivity index (χ1n) is 2.64. The van der Waals surface area contributed by atoms with Crippen LogP contribution in [0.5, 0.6) is 0 Å². The first-order valence-corrected chi connectivity index (χ1v) is 2.64. The van der Waals surface area contributed by atoms with E-state index < -0.39 is 0 Å². The number of rotatable bonds is 1. The first kappa shape index (κ1) is 6.60. The van der Waals surface area contributed by atoms with Gasteiger partial charge in [0.05, 0.1) is 5.69 Å². The number of aryl methyl sites for hydroxylation is 1. The van der Waals surface area contributed by atoms with Gasteiger partial charge in [-0.15, -0.1) is 0 Å². The topological polar surface area (TPSA) is 84.6 Å². The van der Waals surface area contributed by atoms with E-state index in [1.807, 2.05) is 0 Å². The third kappa shape index (κ3) is 1.07. The van der Waals surface area contributed by atoms with Gasteiger partial charge in [0.1, 0.15) is 6.26 Å². The number of nitrogens with two attached hydrogens (primary N) is 1. The lowest BCUT2D eigenvalue weighted by atomic mass is 10.5. The van der Waals surface area contributed by atoms with Crippen LogP contribution < -0.4 is 5.73 Å². The predicted molar refractivity (Wildman–Crippen MR) is 33.8 cm³/mol. The molecular formula is C5H7N3O2. The maximum absolute atomic E-state index is 8.16. The normalized spacial score (nSPS) is 11.9. The summed E-state index contributed by atoms with van der Waals surface area (Å²) >= 11 is 0. The lowest BCUT2D eigenvalue weighted by molar-refractivity contribution is 0.317.